The Kier molecular flexibility index (Phi) is 5.17. The van der Waals surface area contributed by atoms with Crippen LogP contribution in [0.15, 0.2) is 17.2 Å². The maximum Gasteiger partial charge on any atom is 0.244 e. The van der Waals surface area contributed by atoms with Crippen LogP contribution >= 0.6 is 11.8 Å². The second-order valence-electron chi connectivity index (χ2n) is 5.06. The minimum Gasteiger partial charge on any atom is -0.390 e. The molecular weight excluding hydrogens is 296 g/mol. The Morgan fingerprint density at radius 2 is 2.25 bits per heavy atom. The van der Waals surface area contributed by atoms with Gasteiger partial charge in [-0.1, -0.05) is 13.8 Å². The van der Waals surface area contributed by atoms with Gasteiger partial charge in [0.2, 0.25) is 10.0 Å². The number of hydrogen-bond donors (Lipinski definition) is 1. The summed E-state index contributed by atoms with van der Waals surface area (Å²) in [6.45, 7) is 5.78. The molecule has 2 heterocycles. The largest absolute Gasteiger partial charge is 0.390 e. The van der Waals surface area contributed by atoms with Crippen molar-refractivity contribution in [2.45, 2.75) is 43.6 Å². The lowest BCUT2D eigenvalue weighted by molar-refractivity contribution is 0.270. The summed E-state index contributed by atoms with van der Waals surface area (Å²) in [4.78, 5) is 0.300. The van der Waals surface area contributed by atoms with Gasteiger partial charge in [0.05, 0.1) is 6.61 Å². The lowest BCUT2D eigenvalue weighted by Crippen LogP contribution is -2.40. The molecular formula is C13H22N2O3S2. The first-order valence-electron chi connectivity index (χ1n) is 6.90. The minimum absolute atomic E-state index is 0.137. The Balaban J connectivity index is 2.29. The minimum atomic E-state index is -3.44. The Labute approximate surface area is 125 Å². The van der Waals surface area contributed by atoms with Crippen molar-refractivity contribution < 1.29 is 13.5 Å². The molecule has 1 aliphatic rings. The molecule has 0 aliphatic carbocycles. The van der Waals surface area contributed by atoms with E-state index < -0.39 is 10.0 Å². The number of hydrogen-bond acceptors (Lipinski definition) is 4. The summed E-state index contributed by atoms with van der Waals surface area (Å²) in [6, 6.07) is 1.59. The van der Waals surface area contributed by atoms with Gasteiger partial charge in [-0.3, -0.25) is 0 Å². The number of aryl methyl sites for hydroxylation is 1. The third-order valence-corrected chi connectivity index (χ3v) is 6.40. The molecule has 0 spiro atoms. The van der Waals surface area contributed by atoms with Gasteiger partial charge in [0.15, 0.2) is 0 Å². The molecule has 20 heavy (non-hydrogen) atoms. The molecule has 0 aromatic carbocycles. The summed E-state index contributed by atoms with van der Waals surface area (Å²) < 4.78 is 28.7. The van der Waals surface area contributed by atoms with Gasteiger partial charge in [0, 0.05) is 42.5 Å². The highest BCUT2D eigenvalue weighted by molar-refractivity contribution is 8.00. The van der Waals surface area contributed by atoms with E-state index in [1.54, 1.807) is 28.3 Å². The van der Waals surface area contributed by atoms with Crippen molar-refractivity contribution >= 4 is 21.8 Å². The van der Waals surface area contributed by atoms with Gasteiger partial charge in [-0.2, -0.15) is 16.1 Å². The van der Waals surface area contributed by atoms with Gasteiger partial charge in [-0.05, 0) is 12.5 Å². The first kappa shape index (κ1) is 15.9. The first-order chi connectivity index (χ1) is 9.48. The van der Waals surface area contributed by atoms with Crippen LogP contribution in [0.25, 0.3) is 0 Å². The number of rotatable bonds is 5. The summed E-state index contributed by atoms with van der Waals surface area (Å²) in [6.07, 6.45) is 2.55. The third kappa shape index (κ3) is 3.21. The van der Waals surface area contributed by atoms with Gasteiger partial charge in [-0.25, -0.2) is 8.42 Å². The van der Waals surface area contributed by atoms with Crippen LogP contribution in [0.3, 0.4) is 0 Å². The van der Waals surface area contributed by atoms with Crippen molar-refractivity contribution in [3.05, 3.63) is 18.0 Å². The van der Waals surface area contributed by atoms with Crippen molar-refractivity contribution in [2.75, 3.05) is 18.8 Å². The normalized spacial score (nSPS) is 21.2. The Hall–Kier alpha value is -0.500. The number of thioether (sulfide) groups is 1. The molecule has 1 saturated heterocycles. The topological polar surface area (TPSA) is 62.5 Å². The molecule has 7 heteroatoms. The molecule has 114 valence electrons. The average molecular weight is 318 g/mol. The first-order valence-corrected chi connectivity index (χ1v) is 9.39. The van der Waals surface area contributed by atoms with E-state index in [1.807, 2.05) is 18.4 Å². The molecule has 1 fully saturated rings. The van der Waals surface area contributed by atoms with E-state index in [0.29, 0.717) is 28.9 Å². The van der Waals surface area contributed by atoms with Crippen LogP contribution in [0.1, 0.15) is 26.0 Å². The smallest absolute Gasteiger partial charge is 0.244 e. The summed E-state index contributed by atoms with van der Waals surface area (Å²) >= 11 is 1.80. The molecule has 1 aromatic heterocycles. The van der Waals surface area contributed by atoms with Crippen LogP contribution in [0.2, 0.25) is 0 Å². The average Bonchev–Trinajstić information content (AvgIpc) is 2.83. The van der Waals surface area contributed by atoms with E-state index in [-0.39, 0.29) is 6.61 Å². The molecule has 1 aromatic rings. The Morgan fingerprint density at radius 1 is 1.50 bits per heavy atom. The van der Waals surface area contributed by atoms with Crippen LogP contribution in [-0.4, -0.2) is 46.5 Å². The number of aliphatic hydroxyl groups excluding tert-OH is 1. The monoisotopic (exact) mass is 318 g/mol. The van der Waals surface area contributed by atoms with Gasteiger partial charge < -0.3 is 9.67 Å². The Morgan fingerprint density at radius 3 is 2.85 bits per heavy atom. The number of nitrogens with zero attached hydrogens (tertiary/aromatic N) is 2. The quantitative estimate of drug-likeness (QED) is 0.894. The number of aliphatic hydroxyl groups is 1. The van der Waals surface area contributed by atoms with Crippen LogP contribution in [0.4, 0.5) is 0 Å². The SMILES string of the molecule is CCCn1cc(S(=O)(=O)N2CCSC(C)C2)cc1CO. The summed E-state index contributed by atoms with van der Waals surface area (Å²) in [5.74, 6) is 0.836. The highest BCUT2D eigenvalue weighted by atomic mass is 32.2. The third-order valence-electron chi connectivity index (χ3n) is 3.43. The van der Waals surface area contributed by atoms with E-state index in [2.05, 4.69) is 0 Å². The number of sulfonamides is 1. The fraction of sp³-hybridized carbons (Fsp3) is 0.692. The molecule has 0 amide bonds. The predicted octanol–water partition coefficient (Wildman–Crippen LogP) is 1.52. The zero-order valence-electron chi connectivity index (χ0n) is 11.9. The molecule has 0 bridgehead atoms. The van der Waals surface area contributed by atoms with Crippen molar-refractivity contribution in [2.24, 2.45) is 0 Å². The second kappa shape index (κ2) is 6.51. The maximum absolute atomic E-state index is 12.6. The van der Waals surface area contributed by atoms with Gasteiger partial charge in [0.1, 0.15) is 4.90 Å². The zero-order valence-corrected chi connectivity index (χ0v) is 13.6. The lowest BCUT2D eigenvalue weighted by Gasteiger charge is -2.29. The zero-order chi connectivity index (χ0) is 14.8. The number of aromatic nitrogens is 1. The summed E-state index contributed by atoms with van der Waals surface area (Å²) in [7, 11) is -3.44. The van der Waals surface area contributed by atoms with Crippen molar-refractivity contribution in [1.29, 1.82) is 0 Å². The van der Waals surface area contributed by atoms with Crippen LogP contribution in [-0.2, 0) is 23.2 Å². The van der Waals surface area contributed by atoms with Crippen LogP contribution in [0, 0.1) is 0 Å². The highest BCUT2D eigenvalue weighted by Crippen LogP contribution is 2.25. The van der Waals surface area contributed by atoms with E-state index in [1.165, 1.54) is 0 Å². The van der Waals surface area contributed by atoms with Crippen molar-refractivity contribution in [3.8, 4) is 0 Å². The van der Waals surface area contributed by atoms with Gasteiger partial charge >= 0.3 is 0 Å². The van der Waals surface area contributed by atoms with Crippen LogP contribution < -0.4 is 0 Å². The van der Waals surface area contributed by atoms with Crippen LogP contribution in [0.5, 0.6) is 0 Å². The molecule has 5 nitrogen and oxygen atoms in total. The van der Waals surface area contributed by atoms with E-state index in [4.69, 9.17) is 0 Å². The molecule has 1 N–H and O–H groups in total. The summed E-state index contributed by atoms with van der Waals surface area (Å²) in [5.41, 5.74) is 0.657. The highest BCUT2D eigenvalue weighted by Gasteiger charge is 2.30. The molecule has 0 saturated carbocycles. The fourth-order valence-electron chi connectivity index (χ4n) is 2.40. The lowest BCUT2D eigenvalue weighted by atomic mass is 10.4. The van der Waals surface area contributed by atoms with Crippen molar-refractivity contribution in [3.63, 3.8) is 0 Å². The Bertz CT molecular complexity index is 554. The molecule has 2 rings (SSSR count). The summed E-state index contributed by atoms with van der Waals surface area (Å²) in [5, 5.41) is 9.67. The van der Waals surface area contributed by atoms with Crippen molar-refractivity contribution in [1.82, 2.24) is 8.87 Å². The van der Waals surface area contributed by atoms with E-state index >= 15 is 0 Å². The van der Waals surface area contributed by atoms with Gasteiger partial charge in [0.25, 0.3) is 0 Å². The van der Waals surface area contributed by atoms with E-state index in [0.717, 1.165) is 18.7 Å². The standard InChI is InChI=1S/C13H22N2O3S2/c1-3-4-14-9-13(7-12(14)10-16)20(17,18)15-5-6-19-11(2)8-15/h7,9,11,16H,3-6,8,10H2,1-2H3. The molecule has 1 aliphatic heterocycles. The molecule has 1 unspecified atom stereocenters. The fourth-order valence-corrected chi connectivity index (χ4v) is 5.22. The maximum atomic E-state index is 12.6. The molecule has 0 radical (unpaired) electrons. The van der Waals surface area contributed by atoms with E-state index in [9.17, 15) is 13.5 Å². The second-order valence-corrected chi connectivity index (χ2v) is 8.55. The van der Waals surface area contributed by atoms with Gasteiger partial charge in [-0.15, -0.1) is 0 Å². The molecule has 1 atom stereocenters. The predicted molar refractivity (Wildman–Crippen MR) is 81.3 cm³/mol.